The Morgan fingerprint density at radius 3 is 3.00 bits per heavy atom. The van der Waals surface area contributed by atoms with E-state index in [4.69, 9.17) is 5.11 Å². The van der Waals surface area contributed by atoms with Gasteiger partial charge in [0.25, 0.3) is 0 Å². The maximum absolute atomic E-state index is 10.1. The molecule has 0 fully saturated rings. The molecule has 10 heavy (non-hydrogen) atoms. The monoisotopic (exact) mass is 205 g/mol. The largest absolute Gasteiger partial charge is 0.481 e. The van der Waals surface area contributed by atoms with Gasteiger partial charge >= 0.3 is 5.97 Å². The molecule has 4 nitrogen and oxygen atoms in total. The van der Waals surface area contributed by atoms with E-state index in [9.17, 15) is 4.79 Å². The normalized spacial score (nSPS) is 9.70. The molecule has 0 aliphatic carbocycles. The van der Waals surface area contributed by atoms with E-state index in [1.54, 1.807) is 0 Å². The van der Waals surface area contributed by atoms with E-state index in [-0.39, 0.29) is 6.42 Å². The Balaban J connectivity index is 2.74. The highest BCUT2D eigenvalue weighted by Crippen LogP contribution is 2.15. The number of nitrogens with zero attached hydrogens (tertiary/aromatic N) is 1. The lowest BCUT2D eigenvalue weighted by Gasteiger charge is -1.86. The first kappa shape index (κ1) is 7.27. The van der Waals surface area contributed by atoms with Crippen LogP contribution in [0.5, 0.6) is 0 Å². The van der Waals surface area contributed by atoms with Crippen LogP contribution in [-0.2, 0) is 11.2 Å². The molecule has 1 aromatic heterocycles. The predicted molar refractivity (Wildman–Crippen MR) is 35.5 cm³/mol. The Morgan fingerprint density at radius 1 is 1.90 bits per heavy atom. The lowest BCUT2D eigenvalue weighted by Crippen LogP contribution is -1.98. The minimum atomic E-state index is -0.899. The second kappa shape index (κ2) is 2.83. The van der Waals surface area contributed by atoms with Crippen LogP contribution in [0.2, 0.25) is 0 Å². The van der Waals surface area contributed by atoms with Gasteiger partial charge in [-0.1, -0.05) is 5.16 Å². The number of carboxylic acid groups (broad SMARTS) is 1. The Hall–Kier alpha value is -0.840. The summed E-state index contributed by atoms with van der Waals surface area (Å²) in [7, 11) is 0. The number of carbonyl (C=O) groups is 1. The van der Waals surface area contributed by atoms with Crippen molar-refractivity contribution in [3.05, 3.63) is 16.4 Å². The van der Waals surface area contributed by atoms with E-state index in [1.165, 1.54) is 6.20 Å². The maximum atomic E-state index is 10.1. The van der Waals surface area contributed by atoms with Gasteiger partial charge < -0.3 is 9.63 Å². The van der Waals surface area contributed by atoms with E-state index in [1.807, 2.05) is 0 Å². The summed E-state index contributed by atoms with van der Waals surface area (Å²) in [4.78, 5) is 10.1. The number of aromatic nitrogens is 1. The molecule has 5 heteroatoms. The molecular weight excluding hydrogens is 202 g/mol. The van der Waals surface area contributed by atoms with E-state index in [2.05, 4.69) is 25.6 Å². The van der Waals surface area contributed by atoms with E-state index in [0.29, 0.717) is 10.2 Å². The molecule has 1 N–H and O–H groups in total. The van der Waals surface area contributed by atoms with Crippen molar-refractivity contribution in [2.75, 3.05) is 0 Å². The molecule has 1 heterocycles. The summed E-state index contributed by atoms with van der Waals surface area (Å²) in [5.41, 5.74) is 0.549. The zero-order valence-electron chi connectivity index (χ0n) is 4.87. The molecule has 0 radical (unpaired) electrons. The summed E-state index contributed by atoms with van der Waals surface area (Å²) in [5.74, 6) is -0.899. The third kappa shape index (κ3) is 1.57. The smallest absolute Gasteiger partial charge is 0.308 e. The summed E-state index contributed by atoms with van der Waals surface area (Å²) in [5, 5.41) is 11.7. The molecule has 0 atom stereocenters. The molecule has 0 aromatic carbocycles. The topological polar surface area (TPSA) is 63.3 Å². The quantitative estimate of drug-likeness (QED) is 0.785. The second-order valence-corrected chi connectivity index (χ2v) is 2.42. The summed E-state index contributed by atoms with van der Waals surface area (Å²) in [6, 6.07) is 0. The van der Waals surface area contributed by atoms with Crippen LogP contribution in [0.4, 0.5) is 0 Å². The zero-order valence-corrected chi connectivity index (χ0v) is 6.46. The predicted octanol–water partition coefficient (Wildman–Crippen LogP) is 1.06. The first-order valence-corrected chi connectivity index (χ1v) is 3.30. The molecule has 0 bridgehead atoms. The van der Waals surface area contributed by atoms with Gasteiger partial charge in [0.05, 0.1) is 12.6 Å². The molecule has 0 unspecified atom stereocenters. The molecule has 0 saturated carbocycles. The average molecular weight is 206 g/mol. The Kier molecular flexibility index (Phi) is 2.06. The molecule has 0 aliphatic rings. The van der Waals surface area contributed by atoms with Crippen LogP contribution in [-0.4, -0.2) is 16.2 Å². The van der Waals surface area contributed by atoms with Gasteiger partial charge in [0, 0.05) is 5.56 Å². The van der Waals surface area contributed by atoms with Crippen LogP contribution < -0.4 is 0 Å². The van der Waals surface area contributed by atoms with Crippen LogP contribution in [0.1, 0.15) is 5.56 Å². The lowest BCUT2D eigenvalue weighted by atomic mass is 10.3. The fourth-order valence-corrected chi connectivity index (χ4v) is 0.850. The molecule has 0 spiro atoms. The maximum Gasteiger partial charge on any atom is 0.308 e. The summed E-state index contributed by atoms with van der Waals surface area (Å²) in [6.07, 6.45) is 1.31. The number of hydrogen-bond acceptors (Lipinski definition) is 3. The Morgan fingerprint density at radius 2 is 2.60 bits per heavy atom. The van der Waals surface area contributed by atoms with E-state index >= 15 is 0 Å². The standard InChI is InChI=1S/C5H4BrNO3/c6-5-3(1-4(8)9)2-7-10-5/h2H,1H2,(H,8,9). The SMILES string of the molecule is O=C(O)Cc1cnoc1Br. The van der Waals surface area contributed by atoms with Gasteiger partial charge in [0.15, 0.2) is 0 Å². The van der Waals surface area contributed by atoms with Gasteiger partial charge in [-0.25, -0.2) is 0 Å². The zero-order chi connectivity index (χ0) is 7.56. The molecule has 1 aromatic rings. The van der Waals surface area contributed by atoms with Crippen molar-refractivity contribution in [2.24, 2.45) is 0 Å². The van der Waals surface area contributed by atoms with Crippen molar-refractivity contribution >= 4 is 21.9 Å². The first-order chi connectivity index (χ1) is 4.70. The van der Waals surface area contributed by atoms with Crippen LogP contribution in [0.3, 0.4) is 0 Å². The van der Waals surface area contributed by atoms with Crippen molar-refractivity contribution in [1.29, 1.82) is 0 Å². The van der Waals surface area contributed by atoms with Crippen molar-refractivity contribution in [1.82, 2.24) is 5.16 Å². The third-order valence-electron chi connectivity index (χ3n) is 0.936. The highest BCUT2D eigenvalue weighted by molar-refractivity contribution is 9.10. The minimum Gasteiger partial charge on any atom is -0.481 e. The van der Waals surface area contributed by atoms with E-state index in [0.717, 1.165) is 0 Å². The van der Waals surface area contributed by atoms with Crippen molar-refractivity contribution in [2.45, 2.75) is 6.42 Å². The van der Waals surface area contributed by atoms with Crippen LogP contribution in [0.25, 0.3) is 0 Å². The third-order valence-corrected chi connectivity index (χ3v) is 1.59. The first-order valence-electron chi connectivity index (χ1n) is 2.51. The van der Waals surface area contributed by atoms with Crippen LogP contribution >= 0.6 is 15.9 Å². The van der Waals surface area contributed by atoms with Crippen LogP contribution in [0, 0.1) is 0 Å². The van der Waals surface area contributed by atoms with Crippen molar-refractivity contribution < 1.29 is 14.4 Å². The highest BCUT2D eigenvalue weighted by Gasteiger charge is 2.07. The molecule has 0 aliphatic heterocycles. The molecule has 1 rings (SSSR count). The van der Waals surface area contributed by atoms with Crippen molar-refractivity contribution in [3.8, 4) is 0 Å². The summed E-state index contributed by atoms with van der Waals surface area (Å²) < 4.78 is 4.95. The van der Waals surface area contributed by atoms with Gasteiger partial charge in [-0.15, -0.1) is 0 Å². The van der Waals surface area contributed by atoms with Gasteiger partial charge in [-0.3, -0.25) is 4.79 Å². The Bertz CT molecular complexity index is 245. The van der Waals surface area contributed by atoms with E-state index < -0.39 is 5.97 Å². The highest BCUT2D eigenvalue weighted by atomic mass is 79.9. The van der Waals surface area contributed by atoms with Crippen molar-refractivity contribution in [3.63, 3.8) is 0 Å². The summed E-state index contributed by atoms with van der Waals surface area (Å²) >= 11 is 3.00. The fourth-order valence-electron chi connectivity index (χ4n) is 0.524. The van der Waals surface area contributed by atoms with Gasteiger partial charge in [-0.05, 0) is 15.9 Å². The number of halogens is 1. The van der Waals surface area contributed by atoms with Gasteiger partial charge in [0.1, 0.15) is 0 Å². The molecule has 0 saturated heterocycles. The van der Waals surface area contributed by atoms with Gasteiger partial charge in [-0.2, -0.15) is 0 Å². The lowest BCUT2D eigenvalue weighted by molar-refractivity contribution is -0.136. The fraction of sp³-hybridized carbons (Fsp3) is 0.200. The van der Waals surface area contributed by atoms with Crippen LogP contribution in [0.15, 0.2) is 15.4 Å². The molecule has 0 amide bonds. The number of rotatable bonds is 2. The summed E-state index contributed by atoms with van der Waals surface area (Å²) in [6.45, 7) is 0. The number of aliphatic carboxylic acids is 1. The second-order valence-electron chi connectivity index (χ2n) is 1.70. The molecule has 54 valence electrons. The van der Waals surface area contributed by atoms with Gasteiger partial charge in [0.2, 0.25) is 4.67 Å². The average Bonchev–Trinajstić information content (AvgIpc) is 2.15. The number of hydrogen-bond donors (Lipinski definition) is 1. The Labute approximate surface area is 64.9 Å². The minimum absolute atomic E-state index is 0.0654. The number of carboxylic acids is 1. The molecular formula is C5H4BrNO3.